The second-order valence-electron chi connectivity index (χ2n) is 8.10. The standard InChI is InChI=1S/C19H27BrN4O3/c1-19(2,3)27-18(26)22-14-11-23(16-8-7-13(20)10-21-16)12-15(14)24-9-5-4-6-17(24)25/h7-8,10,14-15H,4-6,9,11-12H2,1-3H3,(H,22,26)/t14-,15-/m0/s1. The molecule has 2 atom stereocenters. The highest BCUT2D eigenvalue weighted by molar-refractivity contribution is 9.10. The van der Waals surface area contributed by atoms with Crippen molar-refractivity contribution in [1.29, 1.82) is 0 Å². The third-order valence-electron chi connectivity index (χ3n) is 4.79. The van der Waals surface area contributed by atoms with Crippen molar-refractivity contribution in [2.24, 2.45) is 0 Å². The van der Waals surface area contributed by atoms with Crippen LogP contribution in [0, 0.1) is 0 Å². The molecule has 0 aromatic carbocycles. The van der Waals surface area contributed by atoms with E-state index >= 15 is 0 Å². The molecule has 2 aliphatic heterocycles. The quantitative estimate of drug-likeness (QED) is 0.784. The summed E-state index contributed by atoms with van der Waals surface area (Å²) in [5, 5.41) is 2.98. The predicted octanol–water partition coefficient (Wildman–Crippen LogP) is 2.94. The van der Waals surface area contributed by atoms with Crippen molar-refractivity contribution >= 4 is 33.7 Å². The second kappa shape index (κ2) is 8.04. The minimum atomic E-state index is -0.563. The van der Waals surface area contributed by atoms with Gasteiger partial charge in [-0.15, -0.1) is 0 Å². The molecular formula is C19H27BrN4O3. The first-order valence-corrected chi connectivity index (χ1v) is 10.2. The van der Waals surface area contributed by atoms with E-state index in [4.69, 9.17) is 4.74 Å². The van der Waals surface area contributed by atoms with E-state index in [1.54, 1.807) is 6.20 Å². The van der Waals surface area contributed by atoms with Gasteiger partial charge in [-0.3, -0.25) is 4.79 Å². The number of amides is 2. The number of nitrogens with zero attached hydrogens (tertiary/aromatic N) is 3. The molecule has 148 valence electrons. The van der Waals surface area contributed by atoms with Gasteiger partial charge in [0.05, 0.1) is 12.1 Å². The summed E-state index contributed by atoms with van der Waals surface area (Å²) in [6, 6.07) is 3.59. The molecule has 0 aliphatic carbocycles. The van der Waals surface area contributed by atoms with E-state index in [1.807, 2.05) is 37.8 Å². The number of anilines is 1. The summed E-state index contributed by atoms with van der Waals surface area (Å²) in [6.07, 6.45) is 3.81. The van der Waals surface area contributed by atoms with Gasteiger partial charge in [-0.1, -0.05) is 0 Å². The van der Waals surface area contributed by atoms with E-state index in [9.17, 15) is 9.59 Å². The van der Waals surface area contributed by atoms with E-state index in [0.29, 0.717) is 19.5 Å². The molecule has 2 fully saturated rings. The van der Waals surface area contributed by atoms with Crippen LogP contribution in [0.5, 0.6) is 0 Å². The molecule has 2 aliphatic rings. The van der Waals surface area contributed by atoms with Crippen LogP contribution in [0.1, 0.15) is 40.0 Å². The van der Waals surface area contributed by atoms with Gasteiger partial charge in [0.2, 0.25) is 5.91 Å². The maximum absolute atomic E-state index is 12.5. The van der Waals surface area contributed by atoms with Crippen molar-refractivity contribution in [2.45, 2.75) is 57.7 Å². The summed E-state index contributed by atoms with van der Waals surface area (Å²) in [5.41, 5.74) is -0.563. The van der Waals surface area contributed by atoms with Gasteiger partial charge in [0.25, 0.3) is 0 Å². The Balaban J connectivity index is 1.77. The number of carbonyl (C=O) groups excluding carboxylic acids is 2. The highest BCUT2D eigenvalue weighted by atomic mass is 79.9. The summed E-state index contributed by atoms with van der Waals surface area (Å²) in [6.45, 7) is 7.47. The smallest absolute Gasteiger partial charge is 0.408 e. The maximum Gasteiger partial charge on any atom is 0.408 e. The molecule has 1 aromatic heterocycles. The average molecular weight is 439 g/mol. The lowest BCUT2D eigenvalue weighted by Gasteiger charge is -2.35. The van der Waals surface area contributed by atoms with Gasteiger partial charge in [0.1, 0.15) is 11.4 Å². The van der Waals surface area contributed by atoms with Gasteiger partial charge >= 0.3 is 6.09 Å². The SMILES string of the molecule is CC(C)(C)OC(=O)N[C@H]1CN(c2ccc(Br)cn2)C[C@@H]1N1CCCCC1=O. The van der Waals surface area contributed by atoms with Crippen LogP contribution >= 0.6 is 15.9 Å². The third-order valence-corrected chi connectivity index (χ3v) is 5.26. The Labute approximate surface area is 168 Å². The molecule has 0 spiro atoms. The van der Waals surface area contributed by atoms with Crippen LogP contribution in [0.2, 0.25) is 0 Å². The summed E-state index contributed by atoms with van der Waals surface area (Å²) < 4.78 is 6.34. The Morgan fingerprint density at radius 2 is 2.07 bits per heavy atom. The molecule has 2 saturated heterocycles. The van der Waals surface area contributed by atoms with E-state index < -0.39 is 11.7 Å². The van der Waals surface area contributed by atoms with Gasteiger partial charge in [-0.25, -0.2) is 9.78 Å². The summed E-state index contributed by atoms with van der Waals surface area (Å²) >= 11 is 3.40. The fourth-order valence-corrected chi connectivity index (χ4v) is 3.86. The zero-order chi connectivity index (χ0) is 19.6. The Morgan fingerprint density at radius 3 is 2.70 bits per heavy atom. The number of alkyl carbamates (subject to hydrolysis) is 1. The summed E-state index contributed by atoms with van der Waals surface area (Å²) in [5.74, 6) is 0.994. The maximum atomic E-state index is 12.5. The topological polar surface area (TPSA) is 74.8 Å². The predicted molar refractivity (Wildman–Crippen MR) is 107 cm³/mol. The lowest BCUT2D eigenvalue weighted by Crippen LogP contribution is -2.54. The Morgan fingerprint density at radius 1 is 1.30 bits per heavy atom. The molecule has 1 N–H and O–H groups in total. The molecule has 3 rings (SSSR count). The lowest BCUT2D eigenvalue weighted by molar-refractivity contribution is -0.135. The van der Waals surface area contributed by atoms with Crippen LogP contribution in [-0.2, 0) is 9.53 Å². The number of rotatable bonds is 3. The Kier molecular flexibility index (Phi) is 5.93. The van der Waals surface area contributed by atoms with E-state index in [1.165, 1.54) is 0 Å². The number of carbonyl (C=O) groups is 2. The number of piperidine rings is 1. The molecule has 0 bridgehead atoms. The Bertz CT molecular complexity index is 689. The fraction of sp³-hybridized carbons (Fsp3) is 0.632. The van der Waals surface area contributed by atoms with Gasteiger partial charge in [-0.05, 0) is 61.7 Å². The number of ether oxygens (including phenoxy) is 1. The van der Waals surface area contributed by atoms with Crippen LogP contribution in [0.25, 0.3) is 0 Å². The monoisotopic (exact) mass is 438 g/mol. The Hall–Kier alpha value is -1.83. The molecule has 1 aromatic rings. The molecule has 7 nitrogen and oxygen atoms in total. The molecule has 27 heavy (non-hydrogen) atoms. The molecule has 2 amide bonds. The van der Waals surface area contributed by atoms with E-state index in [-0.39, 0.29) is 18.0 Å². The van der Waals surface area contributed by atoms with E-state index in [2.05, 4.69) is 31.1 Å². The van der Waals surface area contributed by atoms with Crippen LogP contribution < -0.4 is 10.2 Å². The first-order valence-electron chi connectivity index (χ1n) is 9.38. The van der Waals surface area contributed by atoms with Crippen molar-refractivity contribution in [1.82, 2.24) is 15.2 Å². The number of halogens is 1. The van der Waals surface area contributed by atoms with Gasteiger partial charge in [0, 0.05) is 36.7 Å². The molecule has 8 heteroatoms. The lowest BCUT2D eigenvalue weighted by atomic mass is 10.0. The highest BCUT2D eigenvalue weighted by Gasteiger charge is 2.41. The van der Waals surface area contributed by atoms with Crippen molar-refractivity contribution in [3.05, 3.63) is 22.8 Å². The zero-order valence-corrected chi connectivity index (χ0v) is 17.7. The zero-order valence-electron chi connectivity index (χ0n) is 16.1. The summed E-state index contributed by atoms with van der Waals surface area (Å²) in [4.78, 5) is 33.3. The largest absolute Gasteiger partial charge is 0.444 e. The van der Waals surface area contributed by atoms with Crippen LogP contribution in [-0.4, -0.2) is 59.2 Å². The van der Waals surface area contributed by atoms with Crippen LogP contribution in [0.15, 0.2) is 22.8 Å². The summed E-state index contributed by atoms with van der Waals surface area (Å²) in [7, 11) is 0. The number of hydrogen-bond donors (Lipinski definition) is 1. The third kappa shape index (κ3) is 5.12. The van der Waals surface area contributed by atoms with Gasteiger partial charge < -0.3 is 19.9 Å². The number of likely N-dealkylation sites (tertiary alicyclic amines) is 1. The molecule has 3 heterocycles. The second-order valence-corrected chi connectivity index (χ2v) is 9.02. The number of hydrogen-bond acceptors (Lipinski definition) is 5. The minimum absolute atomic E-state index is 0.0873. The van der Waals surface area contributed by atoms with Crippen molar-refractivity contribution < 1.29 is 14.3 Å². The molecular weight excluding hydrogens is 412 g/mol. The van der Waals surface area contributed by atoms with Crippen LogP contribution in [0.4, 0.5) is 10.6 Å². The van der Waals surface area contributed by atoms with Crippen molar-refractivity contribution in [3.8, 4) is 0 Å². The first kappa shape index (κ1) is 19.9. The van der Waals surface area contributed by atoms with Crippen LogP contribution in [0.3, 0.4) is 0 Å². The first-order chi connectivity index (χ1) is 12.7. The number of aromatic nitrogens is 1. The number of pyridine rings is 1. The molecule has 0 saturated carbocycles. The molecule has 0 unspecified atom stereocenters. The van der Waals surface area contributed by atoms with E-state index in [0.717, 1.165) is 29.7 Å². The minimum Gasteiger partial charge on any atom is -0.444 e. The van der Waals surface area contributed by atoms with Crippen molar-refractivity contribution in [3.63, 3.8) is 0 Å². The normalized spacial score (nSPS) is 23.5. The highest BCUT2D eigenvalue weighted by Crippen LogP contribution is 2.26. The molecule has 0 radical (unpaired) electrons. The van der Waals surface area contributed by atoms with Gasteiger partial charge in [-0.2, -0.15) is 0 Å². The number of nitrogens with one attached hydrogen (secondary N) is 1. The van der Waals surface area contributed by atoms with Gasteiger partial charge in [0.15, 0.2) is 0 Å². The fourth-order valence-electron chi connectivity index (χ4n) is 3.62. The average Bonchev–Trinajstić information content (AvgIpc) is 2.97. The van der Waals surface area contributed by atoms with Crippen molar-refractivity contribution in [2.75, 3.05) is 24.5 Å².